The van der Waals surface area contributed by atoms with Gasteiger partial charge in [-0.3, -0.25) is 4.79 Å². The van der Waals surface area contributed by atoms with E-state index < -0.39 is 0 Å². The predicted octanol–water partition coefficient (Wildman–Crippen LogP) is 0.688. The second kappa shape index (κ2) is 10.3. The fourth-order valence-corrected chi connectivity index (χ4v) is 1.83. The van der Waals surface area contributed by atoms with Crippen molar-refractivity contribution in [3.05, 3.63) is 0 Å². The molecule has 0 aromatic carbocycles. The molecule has 1 rings (SSSR count). The molecule has 0 aromatic rings. The molecule has 106 valence electrons. The SMILES string of the molecule is CCCNCC(=O)NCCCOCC1CCCO1. The number of carbonyl (C=O) groups excluding carboxylic acids is 1. The van der Waals surface area contributed by atoms with Gasteiger partial charge in [-0.1, -0.05) is 6.92 Å². The molecule has 0 bridgehead atoms. The standard InChI is InChI=1S/C13H26N2O3/c1-2-6-14-10-13(16)15-7-4-8-17-11-12-5-3-9-18-12/h12,14H,2-11H2,1H3,(H,15,16). The summed E-state index contributed by atoms with van der Waals surface area (Å²) in [5.74, 6) is 0.0579. The lowest BCUT2D eigenvalue weighted by Gasteiger charge is -2.10. The van der Waals surface area contributed by atoms with Crippen molar-refractivity contribution in [2.24, 2.45) is 0 Å². The molecule has 0 spiro atoms. The van der Waals surface area contributed by atoms with Crippen LogP contribution in [0.4, 0.5) is 0 Å². The van der Waals surface area contributed by atoms with Crippen molar-refractivity contribution >= 4 is 5.91 Å². The van der Waals surface area contributed by atoms with Gasteiger partial charge < -0.3 is 20.1 Å². The van der Waals surface area contributed by atoms with Crippen molar-refractivity contribution in [1.82, 2.24) is 10.6 Å². The first-order valence-electron chi connectivity index (χ1n) is 6.99. The molecule has 0 radical (unpaired) electrons. The Balaban J connectivity index is 1.81. The lowest BCUT2D eigenvalue weighted by molar-refractivity contribution is -0.120. The summed E-state index contributed by atoms with van der Waals surface area (Å²) in [7, 11) is 0. The predicted molar refractivity (Wildman–Crippen MR) is 70.6 cm³/mol. The molecule has 2 N–H and O–H groups in total. The molecule has 1 unspecified atom stereocenters. The van der Waals surface area contributed by atoms with Crippen LogP contribution in [0.1, 0.15) is 32.6 Å². The Bertz CT molecular complexity index is 218. The second-order valence-electron chi connectivity index (χ2n) is 4.59. The number of rotatable bonds is 10. The molecule has 0 aliphatic carbocycles. The Morgan fingerprint density at radius 2 is 2.33 bits per heavy atom. The highest BCUT2D eigenvalue weighted by atomic mass is 16.5. The van der Waals surface area contributed by atoms with Crippen LogP contribution in [-0.4, -0.2) is 51.5 Å². The molecule has 1 heterocycles. The largest absolute Gasteiger partial charge is 0.379 e. The average Bonchev–Trinajstić information content (AvgIpc) is 2.87. The normalized spacial score (nSPS) is 19.1. The van der Waals surface area contributed by atoms with Crippen molar-refractivity contribution in [3.8, 4) is 0 Å². The maximum Gasteiger partial charge on any atom is 0.233 e. The Labute approximate surface area is 110 Å². The third-order valence-corrected chi connectivity index (χ3v) is 2.83. The van der Waals surface area contributed by atoms with Gasteiger partial charge >= 0.3 is 0 Å². The number of hydrogen-bond donors (Lipinski definition) is 2. The van der Waals surface area contributed by atoms with Crippen LogP contribution in [0.15, 0.2) is 0 Å². The highest BCUT2D eigenvalue weighted by Gasteiger charge is 2.14. The van der Waals surface area contributed by atoms with E-state index in [2.05, 4.69) is 17.6 Å². The molecular formula is C13H26N2O3. The van der Waals surface area contributed by atoms with Gasteiger partial charge in [0.25, 0.3) is 0 Å². The number of carbonyl (C=O) groups is 1. The van der Waals surface area contributed by atoms with Crippen LogP contribution in [0.5, 0.6) is 0 Å². The molecule has 5 nitrogen and oxygen atoms in total. The molecule has 18 heavy (non-hydrogen) atoms. The number of amides is 1. The Hall–Kier alpha value is -0.650. The quantitative estimate of drug-likeness (QED) is 0.566. The van der Waals surface area contributed by atoms with Gasteiger partial charge in [0.05, 0.1) is 19.3 Å². The molecule has 1 aliphatic heterocycles. The van der Waals surface area contributed by atoms with Gasteiger partial charge in [-0.05, 0) is 32.2 Å². The summed E-state index contributed by atoms with van der Waals surface area (Å²) < 4.78 is 11.0. The second-order valence-corrected chi connectivity index (χ2v) is 4.59. The fraction of sp³-hybridized carbons (Fsp3) is 0.923. The third-order valence-electron chi connectivity index (χ3n) is 2.83. The van der Waals surface area contributed by atoms with Gasteiger partial charge in [0.15, 0.2) is 0 Å². The first-order chi connectivity index (χ1) is 8.83. The first-order valence-corrected chi connectivity index (χ1v) is 6.99. The maximum absolute atomic E-state index is 11.3. The van der Waals surface area contributed by atoms with Crippen LogP contribution in [-0.2, 0) is 14.3 Å². The fourth-order valence-electron chi connectivity index (χ4n) is 1.83. The number of hydrogen-bond acceptors (Lipinski definition) is 4. The van der Waals surface area contributed by atoms with Gasteiger partial charge in [-0.2, -0.15) is 0 Å². The van der Waals surface area contributed by atoms with Crippen molar-refractivity contribution in [2.75, 3.05) is 39.5 Å². The first kappa shape index (κ1) is 15.4. The lowest BCUT2D eigenvalue weighted by atomic mass is 10.2. The molecule has 1 fully saturated rings. The van der Waals surface area contributed by atoms with Crippen molar-refractivity contribution in [3.63, 3.8) is 0 Å². The van der Waals surface area contributed by atoms with E-state index in [-0.39, 0.29) is 12.0 Å². The molecular weight excluding hydrogens is 232 g/mol. The summed E-state index contributed by atoms with van der Waals surface area (Å²) in [6.45, 7) is 6.29. The summed E-state index contributed by atoms with van der Waals surface area (Å²) in [4.78, 5) is 11.3. The monoisotopic (exact) mass is 258 g/mol. The molecule has 1 atom stereocenters. The van der Waals surface area contributed by atoms with E-state index in [4.69, 9.17) is 9.47 Å². The van der Waals surface area contributed by atoms with E-state index in [0.717, 1.165) is 38.8 Å². The molecule has 0 saturated carbocycles. The Kier molecular flexibility index (Phi) is 8.81. The minimum absolute atomic E-state index is 0.0579. The van der Waals surface area contributed by atoms with E-state index >= 15 is 0 Å². The maximum atomic E-state index is 11.3. The third kappa shape index (κ3) is 7.63. The van der Waals surface area contributed by atoms with Gasteiger partial charge in [-0.15, -0.1) is 0 Å². The smallest absolute Gasteiger partial charge is 0.233 e. The van der Waals surface area contributed by atoms with Crippen LogP contribution in [0.2, 0.25) is 0 Å². The topological polar surface area (TPSA) is 59.6 Å². The van der Waals surface area contributed by atoms with Crippen molar-refractivity contribution < 1.29 is 14.3 Å². The highest BCUT2D eigenvalue weighted by Crippen LogP contribution is 2.11. The number of nitrogens with one attached hydrogen (secondary N) is 2. The van der Waals surface area contributed by atoms with Crippen molar-refractivity contribution in [1.29, 1.82) is 0 Å². The molecule has 1 saturated heterocycles. The van der Waals surface area contributed by atoms with Crippen LogP contribution < -0.4 is 10.6 Å². The van der Waals surface area contributed by atoms with E-state index in [9.17, 15) is 4.79 Å². The Morgan fingerprint density at radius 3 is 3.06 bits per heavy atom. The summed E-state index contributed by atoms with van der Waals surface area (Å²) in [6, 6.07) is 0. The van der Waals surface area contributed by atoms with E-state index in [1.807, 2.05) is 0 Å². The zero-order valence-electron chi connectivity index (χ0n) is 11.4. The van der Waals surface area contributed by atoms with E-state index in [1.165, 1.54) is 0 Å². The minimum atomic E-state index is 0.0579. The zero-order valence-corrected chi connectivity index (χ0v) is 11.4. The molecule has 1 aliphatic rings. The summed E-state index contributed by atoms with van der Waals surface area (Å²) in [5, 5.41) is 5.92. The van der Waals surface area contributed by atoms with Crippen LogP contribution in [0.3, 0.4) is 0 Å². The zero-order chi connectivity index (χ0) is 13.1. The van der Waals surface area contributed by atoms with Gasteiger partial charge in [0.1, 0.15) is 0 Å². The minimum Gasteiger partial charge on any atom is -0.379 e. The van der Waals surface area contributed by atoms with Crippen LogP contribution in [0.25, 0.3) is 0 Å². The van der Waals surface area contributed by atoms with Gasteiger partial charge in [-0.25, -0.2) is 0 Å². The summed E-state index contributed by atoms with van der Waals surface area (Å²) in [5.41, 5.74) is 0. The summed E-state index contributed by atoms with van der Waals surface area (Å²) in [6.07, 6.45) is 4.45. The van der Waals surface area contributed by atoms with E-state index in [1.54, 1.807) is 0 Å². The average molecular weight is 258 g/mol. The van der Waals surface area contributed by atoms with E-state index in [0.29, 0.717) is 26.3 Å². The van der Waals surface area contributed by atoms with Gasteiger partial charge in [0, 0.05) is 19.8 Å². The van der Waals surface area contributed by atoms with Crippen molar-refractivity contribution in [2.45, 2.75) is 38.7 Å². The van der Waals surface area contributed by atoms with Gasteiger partial charge in [0.2, 0.25) is 5.91 Å². The molecule has 5 heteroatoms. The summed E-state index contributed by atoms with van der Waals surface area (Å²) >= 11 is 0. The Morgan fingerprint density at radius 1 is 1.44 bits per heavy atom. The lowest BCUT2D eigenvalue weighted by Crippen LogP contribution is -2.35. The van der Waals surface area contributed by atoms with Crippen LogP contribution in [0, 0.1) is 0 Å². The molecule has 1 amide bonds. The van der Waals surface area contributed by atoms with Crippen LogP contribution >= 0.6 is 0 Å². The molecule has 0 aromatic heterocycles. The highest BCUT2D eigenvalue weighted by molar-refractivity contribution is 5.77. The number of ether oxygens (including phenoxy) is 2.